The summed E-state index contributed by atoms with van der Waals surface area (Å²) in [6.07, 6.45) is -4.67. The standard InChI is InChI=1S/C13H16FNO3.C2HF3O2/c14-9-6-11(7-9)18-10-3-1-8(2-4-10)5-12(15)13(16)17;3-2(4,5)1(6)7/h1-4,9,11-12H,5-7,15H2,(H,16,17);(H,6,7)/t9-,11+,12-;/m0./s1. The van der Waals surface area contributed by atoms with Crippen molar-refractivity contribution in [3.05, 3.63) is 29.8 Å². The first-order chi connectivity index (χ1) is 11.5. The molecule has 1 fully saturated rings. The summed E-state index contributed by atoms with van der Waals surface area (Å²) in [7, 11) is 0. The van der Waals surface area contributed by atoms with E-state index < -0.39 is 30.3 Å². The molecule has 1 aliphatic carbocycles. The Balaban J connectivity index is 0.000000381. The molecule has 10 heteroatoms. The number of aliphatic carboxylic acids is 2. The zero-order valence-electron chi connectivity index (χ0n) is 12.9. The molecule has 1 aliphatic rings. The number of alkyl halides is 4. The minimum absolute atomic E-state index is 0.0351. The van der Waals surface area contributed by atoms with E-state index in [1.165, 1.54) is 0 Å². The third kappa shape index (κ3) is 7.38. The molecule has 0 bridgehead atoms. The molecular weight excluding hydrogens is 350 g/mol. The summed E-state index contributed by atoms with van der Waals surface area (Å²) in [5.74, 6) is -3.09. The lowest BCUT2D eigenvalue weighted by Gasteiger charge is -2.30. The molecule has 0 radical (unpaired) electrons. The molecule has 25 heavy (non-hydrogen) atoms. The van der Waals surface area contributed by atoms with Gasteiger partial charge in [-0.3, -0.25) is 4.79 Å². The Morgan fingerprint density at radius 3 is 2.04 bits per heavy atom. The van der Waals surface area contributed by atoms with Crippen LogP contribution >= 0.6 is 0 Å². The molecule has 0 aromatic heterocycles. The first-order valence-corrected chi connectivity index (χ1v) is 7.17. The molecule has 1 atom stereocenters. The van der Waals surface area contributed by atoms with Crippen LogP contribution in [0.3, 0.4) is 0 Å². The van der Waals surface area contributed by atoms with Gasteiger partial charge in [-0.2, -0.15) is 13.2 Å². The average molecular weight is 367 g/mol. The summed E-state index contributed by atoms with van der Waals surface area (Å²) in [6.45, 7) is 0. The van der Waals surface area contributed by atoms with E-state index in [-0.39, 0.29) is 12.5 Å². The predicted octanol–water partition coefficient (Wildman–Crippen LogP) is 2.15. The Morgan fingerprint density at radius 2 is 1.68 bits per heavy atom. The lowest BCUT2D eigenvalue weighted by atomic mass is 9.93. The third-order valence-electron chi connectivity index (χ3n) is 3.28. The second-order valence-corrected chi connectivity index (χ2v) is 5.40. The van der Waals surface area contributed by atoms with E-state index >= 15 is 0 Å². The van der Waals surface area contributed by atoms with E-state index in [0.717, 1.165) is 5.56 Å². The maximum Gasteiger partial charge on any atom is 0.490 e. The molecule has 0 spiro atoms. The quantitative estimate of drug-likeness (QED) is 0.688. The van der Waals surface area contributed by atoms with Crippen LogP contribution in [0.4, 0.5) is 17.6 Å². The maximum atomic E-state index is 12.6. The number of carboxylic acid groups (broad SMARTS) is 2. The highest BCUT2D eigenvalue weighted by Crippen LogP contribution is 2.28. The van der Waals surface area contributed by atoms with Gasteiger partial charge in [-0.1, -0.05) is 12.1 Å². The van der Waals surface area contributed by atoms with Gasteiger partial charge in [-0.15, -0.1) is 0 Å². The SMILES string of the molecule is N[C@@H](Cc1ccc(O[C@H]2C[C@@H](F)C2)cc1)C(=O)O.O=C(O)C(F)(F)F. The van der Waals surface area contributed by atoms with Crippen LogP contribution in [0.5, 0.6) is 5.75 Å². The monoisotopic (exact) mass is 367 g/mol. The van der Waals surface area contributed by atoms with Gasteiger partial charge in [-0.05, 0) is 24.1 Å². The molecule has 1 aromatic rings. The number of hydrogen-bond donors (Lipinski definition) is 3. The highest BCUT2D eigenvalue weighted by atomic mass is 19.4. The minimum atomic E-state index is -5.08. The number of nitrogens with two attached hydrogens (primary N) is 1. The number of benzene rings is 1. The summed E-state index contributed by atoms with van der Waals surface area (Å²) in [6, 6.07) is 6.19. The van der Waals surface area contributed by atoms with Crippen molar-refractivity contribution >= 4 is 11.9 Å². The van der Waals surface area contributed by atoms with Crippen LogP contribution < -0.4 is 10.5 Å². The van der Waals surface area contributed by atoms with Gasteiger partial charge < -0.3 is 20.7 Å². The van der Waals surface area contributed by atoms with Crippen molar-refractivity contribution in [3.8, 4) is 5.75 Å². The smallest absolute Gasteiger partial charge is 0.490 e. The normalized spacial score (nSPS) is 20.5. The van der Waals surface area contributed by atoms with Crippen LogP contribution in [0.15, 0.2) is 24.3 Å². The summed E-state index contributed by atoms with van der Waals surface area (Å²) >= 11 is 0. The molecule has 0 amide bonds. The predicted molar refractivity (Wildman–Crippen MR) is 78.0 cm³/mol. The summed E-state index contributed by atoms with van der Waals surface area (Å²) < 4.78 is 49.9. The third-order valence-corrected chi connectivity index (χ3v) is 3.28. The number of halogens is 4. The first-order valence-electron chi connectivity index (χ1n) is 7.17. The second-order valence-electron chi connectivity index (χ2n) is 5.40. The fraction of sp³-hybridized carbons (Fsp3) is 0.467. The molecule has 1 saturated carbocycles. The summed E-state index contributed by atoms with van der Waals surface area (Å²) in [5, 5.41) is 15.8. The largest absolute Gasteiger partial charge is 0.490 e. The highest BCUT2D eigenvalue weighted by Gasteiger charge is 2.38. The number of carbonyl (C=O) groups is 2. The molecule has 0 aliphatic heterocycles. The van der Waals surface area contributed by atoms with Crippen LogP contribution in [0.1, 0.15) is 18.4 Å². The van der Waals surface area contributed by atoms with Gasteiger partial charge in [0.05, 0.1) is 0 Å². The molecule has 6 nitrogen and oxygen atoms in total. The Kier molecular flexibility index (Phi) is 7.16. The van der Waals surface area contributed by atoms with Crippen LogP contribution in [-0.4, -0.2) is 46.6 Å². The lowest BCUT2D eigenvalue weighted by Crippen LogP contribution is -2.34. The Bertz CT molecular complexity index is 585. The fourth-order valence-electron chi connectivity index (χ4n) is 1.84. The fourth-order valence-corrected chi connectivity index (χ4v) is 1.84. The zero-order valence-corrected chi connectivity index (χ0v) is 12.9. The van der Waals surface area contributed by atoms with E-state index in [9.17, 15) is 22.4 Å². The summed E-state index contributed by atoms with van der Waals surface area (Å²) in [4.78, 5) is 19.5. The van der Waals surface area contributed by atoms with Crippen molar-refractivity contribution in [2.24, 2.45) is 5.73 Å². The lowest BCUT2D eigenvalue weighted by molar-refractivity contribution is -0.192. The molecule has 140 valence electrons. The van der Waals surface area contributed by atoms with Crippen LogP contribution in [-0.2, 0) is 16.0 Å². The minimum Gasteiger partial charge on any atom is -0.490 e. The van der Waals surface area contributed by atoms with Crippen molar-refractivity contribution in [2.75, 3.05) is 0 Å². The second kappa shape index (κ2) is 8.65. The van der Waals surface area contributed by atoms with Crippen molar-refractivity contribution in [1.82, 2.24) is 0 Å². The zero-order chi connectivity index (χ0) is 19.2. The summed E-state index contributed by atoms with van der Waals surface area (Å²) in [5.41, 5.74) is 6.28. The molecule has 2 rings (SSSR count). The van der Waals surface area contributed by atoms with Crippen molar-refractivity contribution in [1.29, 1.82) is 0 Å². The molecular formula is C15H17F4NO5. The topological polar surface area (TPSA) is 110 Å². The highest BCUT2D eigenvalue weighted by molar-refractivity contribution is 5.73. The van der Waals surface area contributed by atoms with Gasteiger partial charge in [-0.25, -0.2) is 9.18 Å². The van der Waals surface area contributed by atoms with Crippen LogP contribution in [0.25, 0.3) is 0 Å². The first kappa shape index (κ1) is 20.7. The number of ether oxygens (including phenoxy) is 1. The van der Waals surface area contributed by atoms with E-state index in [0.29, 0.717) is 18.6 Å². The van der Waals surface area contributed by atoms with Crippen molar-refractivity contribution in [3.63, 3.8) is 0 Å². The van der Waals surface area contributed by atoms with Crippen molar-refractivity contribution in [2.45, 2.75) is 43.8 Å². The Labute approximate surface area is 140 Å². The van der Waals surface area contributed by atoms with Gasteiger partial charge in [0.25, 0.3) is 0 Å². The van der Waals surface area contributed by atoms with Gasteiger partial charge >= 0.3 is 18.1 Å². The molecule has 1 aromatic carbocycles. The number of hydrogen-bond acceptors (Lipinski definition) is 4. The molecule has 0 heterocycles. The van der Waals surface area contributed by atoms with E-state index in [1.807, 2.05) is 0 Å². The van der Waals surface area contributed by atoms with Crippen molar-refractivity contribution < 1.29 is 42.1 Å². The number of carboxylic acids is 2. The van der Waals surface area contributed by atoms with Crippen LogP contribution in [0, 0.1) is 0 Å². The molecule has 0 unspecified atom stereocenters. The van der Waals surface area contributed by atoms with Gasteiger partial charge in [0.1, 0.15) is 24.1 Å². The van der Waals surface area contributed by atoms with E-state index in [2.05, 4.69) is 0 Å². The maximum absolute atomic E-state index is 12.6. The van der Waals surface area contributed by atoms with Crippen LogP contribution in [0.2, 0.25) is 0 Å². The van der Waals surface area contributed by atoms with Gasteiger partial charge in [0, 0.05) is 12.8 Å². The molecule has 4 N–H and O–H groups in total. The average Bonchev–Trinajstić information content (AvgIpc) is 2.47. The van der Waals surface area contributed by atoms with E-state index in [1.54, 1.807) is 24.3 Å². The van der Waals surface area contributed by atoms with Gasteiger partial charge in [0.2, 0.25) is 0 Å². The number of rotatable bonds is 5. The van der Waals surface area contributed by atoms with Gasteiger partial charge in [0.15, 0.2) is 0 Å². The Hall–Kier alpha value is -2.36. The Morgan fingerprint density at radius 1 is 1.20 bits per heavy atom. The molecule has 0 saturated heterocycles. The van der Waals surface area contributed by atoms with E-state index in [4.69, 9.17) is 25.5 Å².